The van der Waals surface area contributed by atoms with Gasteiger partial charge in [0.05, 0.1) is 11.4 Å². The molecular weight excluding hydrogens is 346 g/mol. The van der Waals surface area contributed by atoms with Crippen LogP contribution in [0.25, 0.3) is 4.96 Å². The van der Waals surface area contributed by atoms with E-state index in [2.05, 4.69) is 80.3 Å². The standard InChI is InChI=1S/C16H18BrN3S/c1-11(9-13-3-5-14(17)6-4-13)18-10-15-12(2)19-16-20(15)7-8-21-16/h3-8,11,18H,9-10H2,1-2H3. The number of nitrogens with one attached hydrogen (secondary N) is 1. The average molecular weight is 364 g/mol. The summed E-state index contributed by atoms with van der Waals surface area (Å²) in [4.78, 5) is 5.65. The number of aromatic nitrogens is 2. The summed E-state index contributed by atoms with van der Waals surface area (Å²) >= 11 is 5.15. The number of thiazole rings is 1. The molecule has 0 bridgehead atoms. The first-order valence-corrected chi connectivity index (χ1v) is 8.69. The zero-order valence-corrected chi connectivity index (χ0v) is 14.5. The summed E-state index contributed by atoms with van der Waals surface area (Å²) in [5.41, 5.74) is 3.72. The van der Waals surface area contributed by atoms with Gasteiger partial charge < -0.3 is 5.32 Å². The fourth-order valence-electron chi connectivity index (χ4n) is 2.47. The van der Waals surface area contributed by atoms with Crippen LogP contribution < -0.4 is 5.32 Å². The predicted molar refractivity (Wildman–Crippen MR) is 92.0 cm³/mol. The third kappa shape index (κ3) is 3.36. The van der Waals surface area contributed by atoms with Crippen molar-refractivity contribution >= 4 is 32.2 Å². The van der Waals surface area contributed by atoms with Crippen LogP contribution in [0, 0.1) is 6.92 Å². The number of imidazole rings is 1. The minimum atomic E-state index is 0.426. The summed E-state index contributed by atoms with van der Waals surface area (Å²) in [5.74, 6) is 0. The molecule has 2 heterocycles. The zero-order chi connectivity index (χ0) is 14.8. The molecule has 0 saturated heterocycles. The summed E-state index contributed by atoms with van der Waals surface area (Å²) in [6.45, 7) is 5.15. The lowest BCUT2D eigenvalue weighted by Gasteiger charge is -2.14. The van der Waals surface area contributed by atoms with Crippen LogP contribution in [0.4, 0.5) is 0 Å². The Bertz CT molecular complexity index is 730. The number of benzene rings is 1. The maximum atomic E-state index is 4.58. The van der Waals surface area contributed by atoms with Crippen LogP contribution in [-0.4, -0.2) is 15.4 Å². The van der Waals surface area contributed by atoms with Crippen LogP contribution in [0.3, 0.4) is 0 Å². The molecule has 3 rings (SSSR count). The molecule has 0 saturated carbocycles. The third-order valence-electron chi connectivity index (χ3n) is 3.63. The highest BCUT2D eigenvalue weighted by molar-refractivity contribution is 9.10. The molecule has 1 aromatic carbocycles. The number of hydrogen-bond acceptors (Lipinski definition) is 3. The van der Waals surface area contributed by atoms with Crippen LogP contribution in [-0.2, 0) is 13.0 Å². The van der Waals surface area contributed by atoms with Gasteiger partial charge in [0.2, 0.25) is 0 Å². The van der Waals surface area contributed by atoms with Crippen molar-refractivity contribution in [2.75, 3.05) is 0 Å². The first-order chi connectivity index (χ1) is 10.1. The van der Waals surface area contributed by atoms with Crippen LogP contribution in [0.2, 0.25) is 0 Å². The van der Waals surface area contributed by atoms with Gasteiger partial charge in [-0.1, -0.05) is 28.1 Å². The molecule has 110 valence electrons. The molecule has 0 aliphatic heterocycles. The summed E-state index contributed by atoms with van der Waals surface area (Å²) < 4.78 is 3.31. The Morgan fingerprint density at radius 2 is 2.10 bits per heavy atom. The smallest absolute Gasteiger partial charge is 0.194 e. The molecule has 21 heavy (non-hydrogen) atoms. The summed E-state index contributed by atoms with van der Waals surface area (Å²) in [7, 11) is 0. The van der Waals surface area contributed by atoms with Gasteiger partial charge >= 0.3 is 0 Å². The Balaban J connectivity index is 1.63. The van der Waals surface area contributed by atoms with Crippen molar-refractivity contribution in [3.63, 3.8) is 0 Å². The second-order valence-electron chi connectivity index (χ2n) is 5.31. The third-order valence-corrected chi connectivity index (χ3v) is 4.92. The number of aryl methyl sites for hydroxylation is 1. The van der Waals surface area contributed by atoms with Crippen LogP contribution in [0.5, 0.6) is 0 Å². The molecule has 0 amide bonds. The molecular formula is C16H18BrN3S. The van der Waals surface area contributed by atoms with Crippen LogP contribution in [0.1, 0.15) is 23.9 Å². The van der Waals surface area contributed by atoms with Gasteiger partial charge in [-0.2, -0.15) is 0 Å². The van der Waals surface area contributed by atoms with Crippen molar-refractivity contribution in [2.45, 2.75) is 32.9 Å². The van der Waals surface area contributed by atoms with E-state index in [0.29, 0.717) is 6.04 Å². The molecule has 0 fully saturated rings. The molecule has 3 nitrogen and oxygen atoms in total. The van der Waals surface area contributed by atoms with Crippen molar-refractivity contribution in [3.05, 3.63) is 57.3 Å². The van der Waals surface area contributed by atoms with E-state index >= 15 is 0 Å². The number of rotatable bonds is 5. The van der Waals surface area contributed by atoms with E-state index in [9.17, 15) is 0 Å². The topological polar surface area (TPSA) is 29.3 Å². The van der Waals surface area contributed by atoms with E-state index in [1.54, 1.807) is 11.3 Å². The lowest BCUT2D eigenvalue weighted by molar-refractivity contribution is 0.537. The SMILES string of the molecule is Cc1nc2sccn2c1CNC(C)Cc1ccc(Br)cc1. The van der Waals surface area contributed by atoms with Crippen molar-refractivity contribution in [1.82, 2.24) is 14.7 Å². The molecule has 1 unspecified atom stereocenters. The Morgan fingerprint density at radius 3 is 2.86 bits per heavy atom. The normalized spacial score (nSPS) is 12.9. The van der Waals surface area contributed by atoms with E-state index in [0.717, 1.165) is 28.1 Å². The first kappa shape index (κ1) is 14.8. The number of halogens is 1. The highest BCUT2D eigenvalue weighted by Crippen LogP contribution is 2.17. The Labute approximate surface area is 137 Å². The monoisotopic (exact) mass is 363 g/mol. The van der Waals surface area contributed by atoms with Gasteiger partial charge in [0.15, 0.2) is 4.96 Å². The molecule has 3 aromatic rings. The number of hydrogen-bond donors (Lipinski definition) is 1. The maximum Gasteiger partial charge on any atom is 0.194 e. The van der Waals surface area contributed by atoms with Crippen molar-refractivity contribution in [3.8, 4) is 0 Å². The molecule has 1 atom stereocenters. The zero-order valence-electron chi connectivity index (χ0n) is 12.1. The van der Waals surface area contributed by atoms with Gasteiger partial charge in [-0.15, -0.1) is 11.3 Å². The fraction of sp³-hybridized carbons (Fsp3) is 0.312. The molecule has 0 spiro atoms. The maximum absolute atomic E-state index is 4.58. The van der Waals surface area contributed by atoms with Crippen LogP contribution in [0.15, 0.2) is 40.3 Å². The summed E-state index contributed by atoms with van der Waals surface area (Å²) in [6, 6.07) is 8.96. The van der Waals surface area contributed by atoms with Crippen molar-refractivity contribution in [1.29, 1.82) is 0 Å². The lowest BCUT2D eigenvalue weighted by Crippen LogP contribution is -2.28. The molecule has 0 aliphatic rings. The minimum absolute atomic E-state index is 0.426. The average Bonchev–Trinajstić information content (AvgIpc) is 3.00. The largest absolute Gasteiger partial charge is 0.308 e. The van der Waals surface area contributed by atoms with Gasteiger partial charge in [0.1, 0.15) is 0 Å². The first-order valence-electron chi connectivity index (χ1n) is 7.02. The van der Waals surface area contributed by atoms with Crippen molar-refractivity contribution in [2.24, 2.45) is 0 Å². The summed E-state index contributed by atoms with van der Waals surface area (Å²) in [6.07, 6.45) is 3.12. The predicted octanol–water partition coefficient (Wildman–Crippen LogP) is 4.19. The lowest BCUT2D eigenvalue weighted by atomic mass is 10.1. The molecule has 5 heteroatoms. The van der Waals surface area contributed by atoms with Crippen LogP contribution >= 0.6 is 27.3 Å². The van der Waals surface area contributed by atoms with Gasteiger partial charge in [-0.05, 0) is 38.0 Å². The molecule has 2 aromatic heterocycles. The van der Waals surface area contributed by atoms with Gasteiger partial charge in [-0.3, -0.25) is 4.40 Å². The van der Waals surface area contributed by atoms with E-state index in [1.165, 1.54) is 11.3 Å². The highest BCUT2D eigenvalue weighted by Gasteiger charge is 2.11. The molecule has 0 aliphatic carbocycles. The van der Waals surface area contributed by atoms with Crippen molar-refractivity contribution < 1.29 is 0 Å². The fourth-order valence-corrected chi connectivity index (χ4v) is 3.51. The van der Waals surface area contributed by atoms with E-state index in [-0.39, 0.29) is 0 Å². The second kappa shape index (κ2) is 6.30. The quantitative estimate of drug-likeness (QED) is 0.736. The van der Waals surface area contributed by atoms with E-state index < -0.39 is 0 Å². The number of nitrogens with zero attached hydrogens (tertiary/aromatic N) is 2. The molecule has 1 N–H and O–H groups in total. The van der Waals surface area contributed by atoms with E-state index in [4.69, 9.17) is 0 Å². The Morgan fingerprint density at radius 1 is 1.33 bits per heavy atom. The second-order valence-corrected chi connectivity index (χ2v) is 7.10. The minimum Gasteiger partial charge on any atom is -0.308 e. The Hall–Kier alpha value is -1.17. The Kier molecular flexibility index (Phi) is 4.42. The molecule has 0 radical (unpaired) electrons. The summed E-state index contributed by atoms with van der Waals surface area (Å²) in [5, 5.41) is 5.68. The van der Waals surface area contributed by atoms with Gasteiger partial charge in [0.25, 0.3) is 0 Å². The van der Waals surface area contributed by atoms with Gasteiger partial charge in [-0.25, -0.2) is 4.98 Å². The highest BCUT2D eigenvalue weighted by atomic mass is 79.9. The number of fused-ring (bicyclic) bond motifs is 1. The van der Waals surface area contributed by atoms with E-state index in [1.807, 2.05) is 0 Å². The van der Waals surface area contributed by atoms with Gasteiger partial charge in [0, 0.05) is 28.6 Å².